The normalized spacial score (nSPS) is 22.1. The van der Waals surface area contributed by atoms with Gasteiger partial charge < -0.3 is 35.0 Å². The van der Waals surface area contributed by atoms with E-state index in [2.05, 4.69) is 0 Å². The van der Waals surface area contributed by atoms with E-state index in [0.717, 1.165) is 0 Å². The van der Waals surface area contributed by atoms with Crippen molar-refractivity contribution < 1.29 is 35.0 Å². The minimum absolute atomic E-state index is 0.195. The SMILES string of the molecule is Oc1ccc(C=CO[C@@H]2[C@@H](O)CC[C@H]2OC=Cc2ccc(O)c(O)c2)cc1O. The van der Waals surface area contributed by atoms with E-state index in [0.29, 0.717) is 24.0 Å². The van der Waals surface area contributed by atoms with Gasteiger partial charge in [-0.15, -0.1) is 0 Å². The minimum atomic E-state index is -0.672. The Bertz CT molecular complexity index is 875. The van der Waals surface area contributed by atoms with E-state index in [1.165, 1.54) is 36.8 Å². The Kier molecular flexibility index (Phi) is 5.96. The maximum Gasteiger partial charge on any atom is 0.160 e. The van der Waals surface area contributed by atoms with Crippen LogP contribution in [0.2, 0.25) is 0 Å². The van der Waals surface area contributed by atoms with Crippen molar-refractivity contribution >= 4 is 12.2 Å². The standard InChI is InChI=1S/C21H22O7/c22-15-3-1-13(11-18(15)25)7-9-27-20-6-5-17(24)21(20)28-10-8-14-2-4-16(23)19(26)12-14/h1-4,7-12,17,20-26H,5-6H2/t17-,20+,21+/m0/s1. The monoisotopic (exact) mass is 386 g/mol. The van der Waals surface area contributed by atoms with Crippen LogP contribution in [0.1, 0.15) is 24.0 Å². The number of phenols is 4. The Balaban J connectivity index is 1.58. The lowest BCUT2D eigenvalue weighted by atomic mass is 10.2. The highest BCUT2D eigenvalue weighted by Crippen LogP contribution is 2.29. The second kappa shape index (κ2) is 8.58. The van der Waals surface area contributed by atoms with Gasteiger partial charge in [0.2, 0.25) is 0 Å². The first-order chi connectivity index (χ1) is 13.4. The molecule has 2 aromatic rings. The Morgan fingerprint density at radius 1 is 0.714 bits per heavy atom. The van der Waals surface area contributed by atoms with Crippen LogP contribution in [0.5, 0.6) is 23.0 Å². The third kappa shape index (κ3) is 4.69. The van der Waals surface area contributed by atoms with Gasteiger partial charge in [-0.3, -0.25) is 0 Å². The second-order valence-corrected chi connectivity index (χ2v) is 6.52. The molecule has 0 aliphatic heterocycles. The van der Waals surface area contributed by atoms with Gasteiger partial charge in [-0.2, -0.15) is 0 Å². The van der Waals surface area contributed by atoms with E-state index in [-0.39, 0.29) is 29.1 Å². The topological polar surface area (TPSA) is 120 Å². The first kappa shape index (κ1) is 19.4. The van der Waals surface area contributed by atoms with Crippen LogP contribution in [0, 0.1) is 0 Å². The molecular formula is C21H22O7. The first-order valence-electron chi connectivity index (χ1n) is 8.80. The number of ether oxygens (including phenoxy) is 2. The molecule has 7 nitrogen and oxygen atoms in total. The summed E-state index contributed by atoms with van der Waals surface area (Å²) in [5.41, 5.74) is 1.28. The zero-order valence-electron chi connectivity index (χ0n) is 15.0. The van der Waals surface area contributed by atoms with Crippen molar-refractivity contribution in [2.45, 2.75) is 31.2 Å². The van der Waals surface area contributed by atoms with Crippen LogP contribution in [0.15, 0.2) is 48.9 Å². The molecule has 0 radical (unpaired) electrons. The zero-order valence-corrected chi connectivity index (χ0v) is 15.0. The van der Waals surface area contributed by atoms with Gasteiger partial charge in [-0.05, 0) is 60.4 Å². The highest BCUT2D eigenvalue weighted by atomic mass is 16.5. The largest absolute Gasteiger partial charge is 0.504 e. The summed E-state index contributed by atoms with van der Waals surface area (Å²) in [6.45, 7) is 0. The van der Waals surface area contributed by atoms with Crippen molar-refractivity contribution in [3.05, 3.63) is 60.0 Å². The van der Waals surface area contributed by atoms with Crippen LogP contribution in [-0.2, 0) is 9.47 Å². The van der Waals surface area contributed by atoms with Gasteiger partial charge in [-0.1, -0.05) is 12.1 Å². The lowest BCUT2D eigenvalue weighted by Gasteiger charge is -2.21. The summed E-state index contributed by atoms with van der Waals surface area (Å²) in [7, 11) is 0. The molecule has 2 aromatic carbocycles. The Morgan fingerprint density at radius 3 is 1.79 bits per heavy atom. The van der Waals surface area contributed by atoms with Crippen molar-refractivity contribution in [1.29, 1.82) is 0 Å². The molecule has 0 bridgehead atoms. The van der Waals surface area contributed by atoms with Crippen LogP contribution in [0.4, 0.5) is 0 Å². The van der Waals surface area contributed by atoms with Gasteiger partial charge >= 0.3 is 0 Å². The molecule has 0 unspecified atom stereocenters. The number of benzene rings is 2. The van der Waals surface area contributed by atoms with Crippen LogP contribution in [-0.4, -0.2) is 43.8 Å². The molecule has 5 N–H and O–H groups in total. The Morgan fingerprint density at radius 2 is 1.25 bits per heavy atom. The van der Waals surface area contributed by atoms with Gasteiger partial charge in [0.15, 0.2) is 29.1 Å². The fraction of sp³-hybridized carbons (Fsp3) is 0.238. The number of aliphatic hydroxyl groups is 1. The van der Waals surface area contributed by atoms with Crippen LogP contribution >= 0.6 is 0 Å². The molecule has 1 fully saturated rings. The van der Waals surface area contributed by atoms with Gasteiger partial charge in [0.1, 0.15) is 6.10 Å². The molecule has 0 spiro atoms. The lowest BCUT2D eigenvalue weighted by molar-refractivity contribution is -0.0313. The summed E-state index contributed by atoms with van der Waals surface area (Å²) in [5, 5.41) is 47.8. The summed E-state index contributed by atoms with van der Waals surface area (Å²) in [5.74, 6) is -0.842. The molecule has 1 aliphatic rings. The molecule has 0 aromatic heterocycles. The number of aromatic hydroxyl groups is 4. The summed E-state index contributed by atoms with van der Waals surface area (Å²) >= 11 is 0. The Labute approximate surface area is 162 Å². The maximum absolute atomic E-state index is 10.1. The minimum Gasteiger partial charge on any atom is -0.504 e. The highest BCUT2D eigenvalue weighted by molar-refractivity contribution is 5.55. The van der Waals surface area contributed by atoms with E-state index >= 15 is 0 Å². The van der Waals surface area contributed by atoms with Crippen molar-refractivity contribution in [2.75, 3.05) is 0 Å². The van der Waals surface area contributed by atoms with E-state index < -0.39 is 12.2 Å². The van der Waals surface area contributed by atoms with E-state index in [1.54, 1.807) is 24.3 Å². The van der Waals surface area contributed by atoms with Crippen LogP contribution < -0.4 is 0 Å². The highest BCUT2D eigenvalue weighted by Gasteiger charge is 2.37. The molecule has 3 rings (SSSR count). The molecule has 7 heteroatoms. The van der Waals surface area contributed by atoms with Crippen molar-refractivity contribution in [3.63, 3.8) is 0 Å². The molecule has 1 aliphatic carbocycles. The van der Waals surface area contributed by atoms with Crippen LogP contribution in [0.25, 0.3) is 12.2 Å². The van der Waals surface area contributed by atoms with E-state index in [4.69, 9.17) is 9.47 Å². The van der Waals surface area contributed by atoms with Gasteiger partial charge in [0.05, 0.1) is 18.6 Å². The van der Waals surface area contributed by atoms with Crippen molar-refractivity contribution in [2.24, 2.45) is 0 Å². The molecular weight excluding hydrogens is 364 g/mol. The summed E-state index contributed by atoms with van der Waals surface area (Å²) < 4.78 is 11.3. The predicted octanol–water partition coefficient (Wildman–Crippen LogP) is 3.08. The first-order valence-corrected chi connectivity index (χ1v) is 8.80. The summed E-state index contributed by atoms with van der Waals surface area (Å²) in [6, 6.07) is 8.79. The molecule has 28 heavy (non-hydrogen) atoms. The fourth-order valence-electron chi connectivity index (χ4n) is 2.95. The number of hydrogen-bond acceptors (Lipinski definition) is 7. The lowest BCUT2D eigenvalue weighted by Crippen LogP contribution is -2.31. The average molecular weight is 386 g/mol. The predicted molar refractivity (Wildman–Crippen MR) is 103 cm³/mol. The quantitative estimate of drug-likeness (QED) is 0.382. The third-order valence-electron chi connectivity index (χ3n) is 4.50. The Hall–Kier alpha value is -3.32. The van der Waals surface area contributed by atoms with Crippen LogP contribution in [0.3, 0.4) is 0 Å². The van der Waals surface area contributed by atoms with Gasteiger partial charge in [0.25, 0.3) is 0 Å². The smallest absolute Gasteiger partial charge is 0.160 e. The maximum atomic E-state index is 10.1. The zero-order chi connectivity index (χ0) is 20.1. The van der Waals surface area contributed by atoms with Gasteiger partial charge in [-0.25, -0.2) is 0 Å². The second-order valence-electron chi connectivity index (χ2n) is 6.52. The van der Waals surface area contributed by atoms with Crippen molar-refractivity contribution in [3.8, 4) is 23.0 Å². The average Bonchev–Trinajstić information content (AvgIpc) is 3.01. The number of aliphatic hydroxyl groups excluding tert-OH is 1. The summed E-state index contributed by atoms with van der Waals surface area (Å²) in [4.78, 5) is 0. The number of phenolic OH excluding ortho intramolecular Hbond substituents is 4. The van der Waals surface area contributed by atoms with Crippen molar-refractivity contribution in [1.82, 2.24) is 0 Å². The third-order valence-corrected chi connectivity index (χ3v) is 4.50. The fourth-order valence-corrected chi connectivity index (χ4v) is 2.95. The van der Waals surface area contributed by atoms with Gasteiger partial charge in [0, 0.05) is 0 Å². The molecule has 0 heterocycles. The number of rotatable bonds is 6. The van der Waals surface area contributed by atoms with E-state index in [9.17, 15) is 25.5 Å². The molecule has 148 valence electrons. The van der Waals surface area contributed by atoms with E-state index in [1.807, 2.05) is 0 Å². The molecule has 1 saturated carbocycles. The number of hydrogen-bond donors (Lipinski definition) is 5. The molecule has 0 amide bonds. The molecule has 3 atom stereocenters. The summed E-state index contributed by atoms with van der Waals surface area (Å²) in [6.07, 6.45) is 5.70. The molecule has 0 saturated heterocycles.